The number of hydrogen-bond donors (Lipinski definition) is 2. The van der Waals surface area contributed by atoms with Crippen LogP contribution >= 0.6 is 0 Å². The Morgan fingerprint density at radius 3 is 2.16 bits per heavy atom. The molecule has 1 atom stereocenters. The van der Waals surface area contributed by atoms with Crippen LogP contribution in [-0.4, -0.2) is 66.0 Å². The number of nitrogens with one attached hydrogen (secondary N) is 1. The van der Waals surface area contributed by atoms with Gasteiger partial charge in [-0.05, 0) is 13.3 Å². The number of carboxylic acid groups (broad SMARTS) is 1. The number of nitrogens with zero attached hydrogens (tertiary/aromatic N) is 2. The highest BCUT2D eigenvalue weighted by molar-refractivity contribution is 5.86. The van der Waals surface area contributed by atoms with Crippen LogP contribution in [0, 0.1) is 0 Å². The van der Waals surface area contributed by atoms with E-state index in [1.807, 2.05) is 6.92 Å². The minimum absolute atomic E-state index is 0.0617. The third-order valence-corrected chi connectivity index (χ3v) is 2.67. The van der Waals surface area contributed by atoms with Crippen LogP contribution in [0.1, 0.15) is 26.7 Å². The topological polar surface area (TPSA) is 90.0 Å². The van der Waals surface area contributed by atoms with Gasteiger partial charge in [-0.2, -0.15) is 0 Å². The zero-order valence-electron chi connectivity index (χ0n) is 12.0. The number of carbonyl (C=O) groups excluding carboxylic acids is 2. The summed E-state index contributed by atoms with van der Waals surface area (Å²) in [6.07, 6.45) is 1.01. The molecule has 7 heteroatoms. The molecule has 110 valence electrons. The lowest BCUT2D eigenvalue weighted by Crippen LogP contribution is -2.50. The summed E-state index contributed by atoms with van der Waals surface area (Å²) in [5.74, 6) is -1.27. The van der Waals surface area contributed by atoms with Crippen molar-refractivity contribution in [3.8, 4) is 0 Å². The first kappa shape index (κ1) is 17.2. The third kappa shape index (κ3) is 6.08. The number of urea groups is 1. The fraction of sp³-hybridized carbons (Fsp3) is 0.750. The van der Waals surface area contributed by atoms with Crippen molar-refractivity contribution in [2.45, 2.75) is 32.7 Å². The molecular weight excluding hydrogens is 250 g/mol. The summed E-state index contributed by atoms with van der Waals surface area (Å²) < 4.78 is 0. The molecule has 0 saturated carbocycles. The van der Waals surface area contributed by atoms with Gasteiger partial charge in [0.15, 0.2) is 0 Å². The van der Waals surface area contributed by atoms with E-state index in [9.17, 15) is 14.4 Å². The minimum atomic E-state index is -1.06. The summed E-state index contributed by atoms with van der Waals surface area (Å²) in [7, 11) is 3.20. The molecule has 7 nitrogen and oxygen atoms in total. The highest BCUT2D eigenvalue weighted by atomic mass is 16.4. The number of carboxylic acids is 1. The maximum Gasteiger partial charge on any atom is 0.326 e. The molecule has 0 aromatic carbocycles. The molecule has 0 bridgehead atoms. The van der Waals surface area contributed by atoms with Crippen molar-refractivity contribution in [1.82, 2.24) is 15.1 Å². The minimum Gasteiger partial charge on any atom is -0.480 e. The van der Waals surface area contributed by atoms with Crippen LogP contribution in [-0.2, 0) is 9.59 Å². The average molecular weight is 273 g/mol. The Balaban J connectivity index is 4.57. The molecule has 0 aliphatic rings. The maximum absolute atomic E-state index is 11.9. The second-order valence-corrected chi connectivity index (χ2v) is 4.43. The van der Waals surface area contributed by atoms with E-state index in [0.29, 0.717) is 19.4 Å². The van der Waals surface area contributed by atoms with Gasteiger partial charge < -0.3 is 20.2 Å². The molecule has 19 heavy (non-hydrogen) atoms. The Hall–Kier alpha value is -1.79. The van der Waals surface area contributed by atoms with Gasteiger partial charge in [0.2, 0.25) is 5.91 Å². The van der Waals surface area contributed by atoms with Gasteiger partial charge in [-0.3, -0.25) is 4.79 Å². The smallest absolute Gasteiger partial charge is 0.326 e. The normalized spacial score (nSPS) is 11.6. The van der Waals surface area contributed by atoms with E-state index in [0.717, 1.165) is 0 Å². The summed E-state index contributed by atoms with van der Waals surface area (Å²) in [4.78, 5) is 37.1. The molecule has 0 heterocycles. The van der Waals surface area contributed by atoms with E-state index in [2.05, 4.69) is 5.32 Å². The lowest BCUT2D eigenvalue weighted by Gasteiger charge is -2.24. The van der Waals surface area contributed by atoms with Crippen molar-refractivity contribution in [3.05, 3.63) is 0 Å². The van der Waals surface area contributed by atoms with E-state index in [-0.39, 0.29) is 12.5 Å². The Bertz CT molecular complexity index is 331. The molecule has 0 spiro atoms. The summed E-state index contributed by atoms with van der Waals surface area (Å²) in [6.45, 7) is 3.85. The summed E-state index contributed by atoms with van der Waals surface area (Å²) in [5.41, 5.74) is 0. The predicted molar refractivity (Wildman–Crippen MR) is 70.8 cm³/mol. The number of hydrogen-bond acceptors (Lipinski definition) is 3. The van der Waals surface area contributed by atoms with Crippen molar-refractivity contribution in [1.29, 1.82) is 0 Å². The lowest BCUT2D eigenvalue weighted by molar-refractivity contribution is -0.139. The summed E-state index contributed by atoms with van der Waals surface area (Å²) in [5, 5.41) is 11.4. The van der Waals surface area contributed by atoms with Crippen LogP contribution in [0.2, 0.25) is 0 Å². The van der Waals surface area contributed by atoms with Crippen molar-refractivity contribution in [2.75, 3.05) is 27.2 Å². The summed E-state index contributed by atoms with van der Waals surface area (Å²) >= 11 is 0. The first-order chi connectivity index (χ1) is 8.83. The van der Waals surface area contributed by atoms with Gasteiger partial charge in [0.1, 0.15) is 12.6 Å². The molecule has 0 radical (unpaired) electrons. The molecular formula is C12H23N3O4. The van der Waals surface area contributed by atoms with Gasteiger partial charge in [-0.15, -0.1) is 0 Å². The fourth-order valence-electron chi connectivity index (χ4n) is 1.42. The number of aliphatic carboxylic acids is 1. The van der Waals surface area contributed by atoms with Crippen LogP contribution in [0.4, 0.5) is 4.79 Å². The van der Waals surface area contributed by atoms with E-state index in [1.54, 1.807) is 21.0 Å². The fourth-order valence-corrected chi connectivity index (χ4v) is 1.42. The first-order valence-electron chi connectivity index (χ1n) is 6.31. The van der Waals surface area contributed by atoms with Gasteiger partial charge in [-0.25, -0.2) is 9.59 Å². The van der Waals surface area contributed by atoms with Gasteiger partial charge in [0, 0.05) is 20.6 Å². The molecule has 0 aromatic rings. The van der Waals surface area contributed by atoms with Crippen molar-refractivity contribution in [2.24, 2.45) is 0 Å². The highest BCUT2D eigenvalue weighted by Crippen LogP contribution is 1.99. The van der Waals surface area contributed by atoms with Crippen LogP contribution in [0.15, 0.2) is 0 Å². The number of likely N-dealkylation sites (N-methyl/N-ethyl adjacent to an activating group) is 2. The Kier molecular flexibility index (Phi) is 7.55. The molecule has 0 aromatic heterocycles. The Labute approximate surface area is 113 Å². The molecule has 0 aliphatic carbocycles. The quantitative estimate of drug-likeness (QED) is 0.700. The zero-order valence-corrected chi connectivity index (χ0v) is 12.0. The number of carbonyl (C=O) groups is 3. The maximum atomic E-state index is 11.9. The molecule has 0 fully saturated rings. The van der Waals surface area contributed by atoms with Crippen LogP contribution < -0.4 is 5.32 Å². The van der Waals surface area contributed by atoms with Crippen molar-refractivity contribution in [3.63, 3.8) is 0 Å². The van der Waals surface area contributed by atoms with E-state index in [4.69, 9.17) is 5.11 Å². The van der Waals surface area contributed by atoms with Crippen LogP contribution in [0.3, 0.4) is 0 Å². The molecule has 0 rings (SSSR count). The van der Waals surface area contributed by atoms with Gasteiger partial charge in [0.25, 0.3) is 0 Å². The van der Waals surface area contributed by atoms with Crippen LogP contribution in [0.5, 0.6) is 0 Å². The first-order valence-corrected chi connectivity index (χ1v) is 6.31. The predicted octanol–water partition coefficient (Wildman–Crippen LogP) is 0.359. The third-order valence-electron chi connectivity index (χ3n) is 2.67. The van der Waals surface area contributed by atoms with Crippen molar-refractivity contribution >= 4 is 17.9 Å². The van der Waals surface area contributed by atoms with Crippen molar-refractivity contribution < 1.29 is 19.5 Å². The Morgan fingerprint density at radius 2 is 1.79 bits per heavy atom. The van der Waals surface area contributed by atoms with Gasteiger partial charge >= 0.3 is 12.0 Å². The molecule has 0 saturated heterocycles. The van der Waals surface area contributed by atoms with E-state index in [1.165, 1.54) is 9.80 Å². The highest BCUT2D eigenvalue weighted by Gasteiger charge is 2.23. The number of rotatable bonds is 7. The largest absolute Gasteiger partial charge is 0.480 e. The number of amides is 3. The average Bonchev–Trinajstić information content (AvgIpc) is 2.34. The van der Waals surface area contributed by atoms with E-state index >= 15 is 0 Å². The standard InChI is InChI=1S/C12H23N3O4/c1-5-7-9(11(17)18)13-12(19)15(6-2)8-10(16)14(3)4/h9H,5-8H2,1-4H3,(H,13,19)(H,17,18)/t9-/m0/s1. The SMILES string of the molecule is CCC[C@H](NC(=O)N(CC)CC(=O)N(C)C)C(=O)O. The molecule has 2 N–H and O–H groups in total. The Morgan fingerprint density at radius 1 is 1.21 bits per heavy atom. The molecule has 0 unspecified atom stereocenters. The monoisotopic (exact) mass is 273 g/mol. The second kappa shape index (κ2) is 8.34. The van der Waals surface area contributed by atoms with Crippen LogP contribution in [0.25, 0.3) is 0 Å². The van der Waals surface area contributed by atoms with Gasteiger partial charge in [-0.1, -0.05) is 13.3 Å². The zero-order chi connectivity index (χ0) is 15.0. The lowest BCUT2D eigenvalue weighted by atomic mass is 10.2. The second-order valence-electron chi connectivity index (χ2n) is 4.43. The van der Waals surface area contributed by atoms with Gasteiger partial charge in [0.05, 0.1) is 0 Å². The summed E-state index contributed by atoms with van der Waals surface area (Å²) in [6, 6.07) is -1.44. The van der Waals surface area contributed by atoms with E-state index < -0.39 is 18.0 Å². The molecule has 3 amide bonds. The molecule has 0 aliphatic heterocycles.